The molecular formula is C36H30O8. The predicted octanol–water partition coefficient (Wildman–Crippen LogP) is 7.33. The summed E-state index contributed by atoms with van der Waals surface area (Å²) in [5.41, 5.74) is 4.58. The maximum atomic E-state index is 13.2. The molecule has 2 aromatic heterocycles. The number of fused-ring (bicyclic) bond motifs is 2. The number of aryl methyl sites for hydroxylation is 2. The molecule has 0 fully saturated rings. The van der Waals surface area contributed by atoms with Crippen LogP contribution < -0.4 is 29.8 Å². The van der Waals surface area contributed by atoms with Crippen LogP contribution in [-0.4, -0.2) is 27.4 Å². The molecule has 0 atom stereocenters. The van der Waals surface area contributed by atoms with Gasteiger partial charge in [-0.3, -0.25) is 9.59 Å². The molecule has 222 valence electrons. The fourth-order valence-electron chi connectivity index (χ4n) is 5.20. The molecule has 8 nitrogen and oxygen atoms in total. The molecule has 0 N–H and O–H groups in total. The first-order chi connectivity index (χ1) is 21.4. The van der Waals surface area contributed by atoms with Gasteiger partial charge in [-0.25, -0.2) is 0 Å². The normalized spacial score (nSPS) is 11.1. The van der Waals surface area contributed by atoms with Crippen molar-refractivity contribution in [1.29, 1.82) is 0 Å². The van der Waals surface area contributed by atoms with Gasteiger partial charge in [-0.1, -0.05) is 24.3 Å². The Morgan fingerprint density at radius 2 is 0.932 bits per heavy atom. The molecule has 0 unspecified atom stereocenters. The molecule has 0 bridgehead atoms. The number of ether oxygens (including phenoxy) is 4. The van der Waals surface area contributed by atoms with Crippen molar-refractivity contribution in [1.82, 2.24) is 0 Å². The molecule has 0 spiro atoms. The van der Waals surface area contributed by atoms with Crippen LogP contribution >= 0.6 is 0 Å². The van der Waals surface area contributed by atoms with E-state index in [1.807, 2.05) is 38.1 Å². The Balaban J connectivity index is 1.15. The third kappa shape index (κ3) is 5.26. The van der Waals surface area contributed by atoms with Crippen LogP contribution in [-0.2, 0) is 0 Å². The molecule has 6 rings (SSSR count). The Labute approximate surface area is 253 Å². The van der Waals surface area contributed by atoms with Gasteiger partial charge in [0.25, 0.3) is 0 Å². The van der Waals surface area contributed by atoms with Gasteiger partial charge in [-0.2, -0.15) is 0 Å². The molecule has 0 saturated heterocycles. The maximum Gasteiger partial charge on any atom is 0.200 e. The molecule has 0 radical (unpaired) electrons. The average Bonchev–Trinajstić information content (AvgIpc) is 3.05. The lowest BCUT2D eigenvalue weighted by atomic mass is 10.0. The molecule has 4 aromatic carbocycles. The van der Waals surface area contributed by atoms with E-state index < -0.39 is 0 Å². The van der Waals surface area contributed by atoms with E-state index in [4.69, 9.17) is 27.8 Å². The van der Waals surface area contributed by atoms with Crippen molar-refractivity contribution < 1.29 is 27.8 Å². The van der Waals surface area contributed by atoms with Crippen molar-refractivity contribution in [2.75, 3.05) is 27.4 Å². The molecular weight excluding hydrogens is 560 g/mol. The van der Waals surface area contributed by atoms with Gasteiger partial charge >= 0.3 is 0 Å². The fourth-order valence-corrected chi connectivity index (χ4v) is 5.20. The highest BCUT2D eigenvalue weighted by Gasteiger charge is 2.16. The third-order valence-corrected chi connectivity index (χ3v) is 7.68. The van der Waals surface area contributed by atoms with Crippen LogP contribution in [0.4, 0.5) is 0 Å². The summed E-state index contributed by atoms with van der Waals surface area (Å²) in [5, 5.41) is 0.950. The van der Waals surface area contributed by atoms with Crippen LogP contribution in [0.15, 0.2) is 104 Å². The summed E-state index contributed by atoms with van der Waals surface area (Å²) in [4.78, 5) is 26.5. The minimum Gasteiger partial charge on any atom is -0.497 e. The summed E-state index contributed by atoms with van der Waals surface area (Å²) in [5.74, 6) is 2.60. The number of methoxy groups -OCH3 is 2. The van der Waals surface area contributed by atoms with Gasteiger partial charge in [0.05, 0.1) is 36.1 Å². The summed E-state index contributed by atoms with van der Waals surface area (Å²) in [6.07, 6.45) is 2.96. The lowest BCUT2D eigenvalue weighted by Gasteiger charge is -2.14. The van der Waals surface area contributed by atoms with Crippen molar-refractivity contribution in [2.45, 2.75) is 13.8 Å². The molecule has 6 aromatic rings. The van der Waals surface area contributed by atoms with Crippen LogP contribution in [0.5, 0.6) is 23.0 Å². The molecule has 8 heteroatoms. The SMILES string of the molecule is COc1ccc(-c2coc3c(C)c(OCCOc4ccc5c(=O)c(-c6ccc(OC)cc6)coc5c4C)ccc3c2=O)cc1. The summed E-state index contributed by atoms with van der Waals surface area (Å²) >= 11 is 0. The number of hydrogen-bond acceptors (Lipinski definition) is 8. The Bertz CT molecular complexity index is 1940. The maximum absolute atomic E-state index is 13.2. The number of benzene rings is 4. The van der Waals surface area contributed by atoms with Crippen molar-refractivity contribution >= 4 is 21.9 Å². The van der Waals surface area contributed by atoms with Gasteiger partial charge in [0.15, 0.2) is 0 Å². The van der Waals surface area contributed by atoms with Crippen molar-refractivity contribution in [2.24, 2.45) is 0 Å². The predicted molar refractivity (Wildman–Crippen MR) is 169 cm³/mol. The van der Waals surface area contributed by atoms with Crippen LogP contribution in [0.3, 0.4) is 0 Å². The highest BCUT2D eigenvalue weighted by atomic mass is 16.5. The monoisotopic (exact) mass is 590 g/mol. The molecule has 2 heterocycles. The average molecular weight is 591 g/mol. The van der Waals surface area contributed by atoms with Gasteiger partial charge in [-0.15, -0.1) is 0 Å². The third-order valence-electron chi connectivity index (χ3n) is 7.68. The minimum absolute atomic E-state index is 0.121. The van der Waals surface area contributed by atoms with Gasteiger partial charge < -0.3 is 27.8 Å². The zero-order chi connectivity index (χ0) is 30.8. The zero-order valence-corrected chi connectivity index (χ0v) is 24.8. The van der Waals surface area contributed by atoms with Crippen LogP contribution in [0, 0.1) is 13.8 Å². The van der Waals surface area contributed by atoms with E-state index >= 15 is 0 Å². The summed E-state index contributed by atoms with van der Waals surface area (Å²) in [6, 6.07) is 21.5. The first-order valence-electron chi connectivity index (χ1n) is 14.0. The molecule has 44 heavy (non-hydrogen) atoms. The van der Waals surface area contributed by atoms with E-state index in [-0.39, 0.29) is 24.1 Å². The summed E-state index contributed by atoms with van der Waals surface area (Å²) < 4.78 is 34.2. The van der Waals surface area contributed by atoms with Crippen molar-refractivity contribution in [3.8, 4) is 45.3 Å². The standard InChI is InChI=1S/C36H30O8/c1-21-31(15-13-27-33(37)29(19-43-35(21)27)23-5-9-25(39-3)10-6-23)41-17-18-42-32-16-14-28-34(38)30(20-44-36(28)22(32)2)24-7-11-26(40-4)12-8-24/h5-16,19-20H,17-18H2,1-4H3. The Kier molecular flexibility index (Phi) is 7.81. The van der Waals surface area contributed by atoms with Gasteiger partial charge in [0.2, 0.25) is 10.9 Å². The Morgan fingerprint density at radius 1 is 0.545 bits per heavy atom. The van der Waals surface area contributed by atoms with Gasteiger partial charge in [-0.05, 0) is 73.5 Å². The lowest BCUT2D eigenvalue weighted by Crippen LogP contribution is -2.11. The topological polar surface area (TPSA) is 97.3 Å². The zero-order valence-electron chi connectivity index (χ0n) is 24.8. The first kappa shape index (κ1) is 28.6. The molecule has 0 aliphatic rings. The molecule has 0 amide bonds. The Hall–Kier alpha value is -5.50. The van der Waals surface area contributed by atoms with Crippen LogP contribution in [0.25, 0.3) is 44.2 Å². The van der Waals surface area contributed by atoms with E-state index in [0.29, 0.717) is 56.1 Å². The van der Waals surface area contributed by atoms with Gasteiger partial charge in [0, 0.05) is 11.1 Å². The van der Waals surface area contributed by atoms with E-state index in [9.17, 15) is 9.59 Å². The van der Waals surface area contributed by atoms with Crippen molar-refractivity contribution in [3.63, 3.8) is 0 Å². The van der Waals surface area contributed by atoms with Crippen LogP contribution in [0.1, 0.15) is 11.1 Å². The summed E-state index contributed by atoms with van der Waals surface area (Å²) in [7, 11) is 3.19. The van der Waals surface area contributed by atoms with E-state index in [1.165, 1.54) is 12.5 Å². The largest absolute Gasteiger partial charge is 0.497 e. The minimum atomic E-state index is -0.121. The highest BCUT2D eigenvalue weighted by Crippen LogP contribution is 2.30. The van der Waals surface area contributed by atoms with E-state index in [2.05, 4.69) is 0 Å². The lowest BCUT2D eigenvalue weighted by molar-refractivity contribution is 0.215. The van der Waals surface area contributed by atoms with E-state index in [1.54, 1.807) is 62.8 Å². The highest BCUT2D eigenvalue weighted by molar-refractivity contribution is 5.86. The first-order valence-corrected chi connectivity index (χ1v) is 14.0. The smallest absolute Gasteiger partial charge is 0.200 e. The molecule has 0 saturated carbocycles. The second-order valence-electron chi connectivity index (χ2n) is 10.2. The van der Waals surface area contributed by atoms with Crippen molar-refractivity contribution in [3.05, 3.63) is 117 Å². The molecule has 0 aliphatic carbocycles. The fraction of sp³-hybridized carbons (Fsp3) is 0.167. The summed E-state index contributed by atoms with van der Waals surface area (Å²) in [6.45, 7) is 4.20. The second-order valence-corrected chi connectivity index (χ2v) is 10.2. The number of rotatable bonds is 9. The number of hydrogen-bond donors (Lipinski definition) is 0. The Morgan fingerprint density at radius 3 is 1.30 bits per heavy atom. The quantitative estimate of drug-likeness (QED) is 0.162. The molecule has 0 aliphatic heterocycles. The van der Waals surface area contributed by atoms with Crippen LogP contribution in [0.2, 0.25) is 0 Å². The van der Waals surface area contributed by atoms with E-state index in [0.717, 1.165) is 22.3 Å². The van der Waals surface area contributed by atoms with Gasteiger partial charge in [0.1, 0.15) is 59.9 Å². The second kappa shape index (κ2) is 12.0.